The van der Waals surface area contributed by atoms with Crippen LogP contribution in [0.2, 0.25) is 0 Å². The van der Waals surface area contributed by atoms with Crippen LogP contribution in [0.1, 0.15) is 39.0 Å². The molecule has 3 heterocycles. The van der Waals surface area contributed by atoms with Gasteiger partial charge in [-0.1, -0.05) is 19.8 Å². The van der Waals surface area contributed by atoms with E-state index in [1.54, 1.807) is 0 Å². The molecule has 4 nitrogen and oxygen atoms in total. The first-order valence-corrected chi connectivity index (χ1v) is 10.4. The van der Waals surface area contributed by atoms with E-state index in [0.717, 1.165) is 24.4 Å². The van der Waals surface area contributed by atoms with Gasteiger partial charge in [0.15, 0.2) is 0 Å². The van der Waals surface area contributed by atoms with Crippen molar-refractivity contribution in [2.24, 2.45) is 17.8 Å². The van der Waals surface area contributed by atoms with Crippen molar-refractivity contribution in [2.45, 2.75) is 44.6 Å². The van der Waals surface area contributed by atoms with Gasteiger partial charge < -0.3 is 14.5 Å². The Bertz CT molecular complexity index is 407. The van der Waals surface area contributed by atoms with Crippen molar-refractivity contribution in [3.63, 3.8) is 0 Å². The molecule has 0 radical (unpaired) electrons. The van der Waals surface area contributed by atoms with E-state index >= 15 is 0 Å². The lowest BCUT2D eigenvalue weighted by Gasteiger charge is -2.49. The summed E-state index contributed by atoms with van der Waals surface area (Å²) >= 11 is 0. The fraction of sp³-hybridized carbons (Fsp3) is 1.00. The lowest BCUT2D eigenvalue weighted by atomic mass is 9.81. The molecule has 1 spiro atoms. The van der Waals surface area contributed by atoms with Crippen LogP contribution in [-0.2, 0) is 4.74 Å². The minimum absolute atomic E-state index is 0.235. The molecule has 0 aromatic heterocycles. The highest BCUT2D eigenvalue weighted by atomic mass is 16.5. The van der Waals surface area contributed by atoms with E-state index in [9.17, 15) is 0 Å². The van der Waals surface area contributed by atoms with Crippen molar-refractivity contribution in [2.75, 3.05) is 66.0 Å². The zero-order chi connectivity index (χ0) is 16.6. The monoisotopic (exact) mass is 335 g/mol. The van der Waals surface area contributed by atoms with Crippen molar-refractivity contribution in [3.8, 4) is 0 Å². The van der Waals surface area contributed by atoms with Gasteiger partial charge in [-0.3, -0.25) is 4.90 Å². The highest BCUT2D eigenvalue weighted by molar-refractivity contribution is 5.02. The van der Waals surface area contributed by atoms with Crippen molar-refractivity contribution in [1.29, 1.82) is 0 Å². The van der Waals surface area contributed by atoms with Crippen LogP contribution in [0.15, 0.2) is 0 Å². The van der Waals surface area contributed by atoms with Crippen molar-refractivity contribution >= 4 is 0 Å². The average Bonchev–Trinajstić information content (AvgIpc) is 2.95. The third kappa shape index (κ3) is 3.98. The molecule has 0 aromatic rings. The van der Waals surface area contributed by atoms with Crippen LogP contribution in [0.4, 0.5) is 0 Å². The Labute approximate surface area is 148 Å². The third-order valence-electron chi connectivity index (χ3n) is 7.07. The second-order valence-corrected chi connectivity index (χ2v) is 9.46. The molecule has 4 aliphatic rings. The fourth-order valence-electron chi connectivity index (χ4n) is 5.45. The first-order chi connectivity index (χ1) is 11.6. The molecule has 4 fully saturated rings. The summed E-state index contributed by atoms with van der Waals surface area (Å²) in [4.78, 5) is 7.78. The Morgan fingerprint density at radius 3 is 2.25 bits per heavy atom. The van der Waals surface area contributed by atoms with Crippen LogP contribution in [0.5, 0.6) is 0 Å². The molecule has 3 saturated heterocycles. The topological polar surface area (TPSA) is 19.0 Å². The van der Waals surface area contributed by atoms with E-state index in [1.807, 2.05) is 0 Å². The summed E-state index contributed by atoms with van der Waals surface area (Å²) in [6.45, 7) is 13.4. The van der Waals surface area contributed by atoms with Crippen molar-refractivity contribution < 1.29 is 4.74 Å². The van der Waals surface area contributed by atoms with Crippen LogP contribution in [-0.4, -0.2) is 86.3 Å². The van der Waals surface area contributed by atoms with Crippen LogP contribution in [0, 0.1) is 17.8 Å². The molecule has 0 amide bonds. The SMILES string of the molecule is CC1CCC(CN2CC3(CC(CN4CCN(C)CC4)CO3)C2)CC1. The normalized spacial score (nSPS) is 38.5. The number of hydrogen-bond donors (Lipinski definition) is 0. The summed E-state index contributed by atoms with van der Waals surface area (Å²) in [5.74, 6) is 2.70. The Balaban J connectivity index is 1.17. The van der Waals surface area contributed by atoms with E-state index in [-0.39, 0.29) is 5.60 Å². The second-order valence-electron chi connectivity index (χ2n) is 9.46. The highest BCUT2D eigenvalue weighted by Crippen LogP contribution is 2.39. The number of likely N-dealkylation sites (N-methyl/N-ethyl adjacent to an activating group) is 1. The maximum absolute atomic E-state index is 6.31. The molecular weight excluding hydrogens is 298 g/mol. The lowest BCUT2D eigenvalue weighted by molar-refractivity contribution is -0.116. The van der Waals surface area contributed by atoms with Crippen LogP contribution >= 0.6 is 0 Å². The van der Waals surface area contributed by atoms with Crippen molar-refractivity contribution in [3.05, 3.63) is 0 Å². The molecule has 1 aliphatic carbocycles. The van der Waals surface area contributed by atoms with E-state index < -0.39 is 0 Å². The van der Waals surface area contributed by atoms with E-state index in [4.69, 9.17) is 4.74 Å². The number of nitrogens with zero attached hydrogens (tertiary/aromatic N) is 3. The first-order valence-electron chi connectivity index (χ1n) is 10.4. The second kappa shape index (κ2) is 7.22. The molecule has 0 aromatic carbocycles. The van der Waals surface area contributed by atoms with Gasteiger partial charge in [0, 0.05) is 52.4 Å². The average molecular weight is 336 g/mol. The minimum atomic E-state index is 0.235. The molecular formula is C20H37N3O. The number of ether oxygens (including phenoxy) is 1. The molecule has 3 aliphatic heterocycles. The van der Waals surface area contributed by atoms with Gasteiger partial charge in [0.2, 0.25) is 0 Å². The Kier molecular flexibility index (Phi) is 5.19. The smallest absolute Gasteiger partial charge is 0.0938 e. The number of piperazine rings is 1. The lowest BCUT2D eigenvalue weighted by Crippen LogP contribution is -2.62. The Morgan fingerprint density at radius 1 is 0.875 bits per heavy atom. The standard InChI is InChI=1S/C20H37N3O/c1-17-3-5-18(6-4-17)12-23-15-20(16-23)11-19(14-24-20)13-22-9-7-21(2)8-10-22/h17-19H,3-16H2,1-2H3. The highest BCUT2D eigenvalue weighted by Gasteiger charge is 2.49. The molecule has 24 heavy (non-hydrogen) atoms. The Hall–Kier alpha value is -0.160. The van der Waals surface area contributed by atoms with E-state index in [0.29, 0.717) is 0 Å². The summed E-state index contributed by atoms with van der Waals surface area (Å²) < 4.78 is 6.31. The van der Waals surface area contributed by atoms with E-state index in [2.05, 4.69) is 28.7 Å². The van der Waals surface area contributed by atoms with Crippen LogP contribution in [0.3, 0.4) is 0 Å². The largest absolute Gasteiger partial charge is 0.372 e. The van der Waals surface area contributed by atoms with Gasteiger partial charge in [-0.15, -0.1) is 0 Å². The molecule has 1 unspecified atom stereocenters. The van der Waals surface area contributed by atoms with Gasteiger partial charge in [0.05, 0.1) is 12.2 Å². The molecule has 4 rings (SSSR count). The molecule has 1 atom stereocenters. The summed E-state index contributed by atoms with van der Waals surface area (Å²) in [7, 11) is 2.24. The molecule has 0 N–H and O–H groups in total. The molecule has 4 heteroatoms. The van der Waals surface area contributed by atoms with Gasteiger partial charge in [-0.05, 0) is 44.1 Å². The summed E-state index contributed by atoms with van der Waals surface area (Å²) in [6.07, 6.45) is 7.12. The quantitative estimate of drug-likeness (QED) is 0.783. The van der Waals surface area contributed by atoms with Crippen LogP contribution < -0.4 is 0 Å². The van der Waals surface area contributed by atoms with Crippen LogP contribution in [0.25, 0.3) is 0 Å². The van der Waals surface area contributed by atoms with Gasteiger partial charge >= 0.3 is 0 Å². The summed E-state index contributed by atoms with van der Waals surface area (Å²) in [5.41, 5.74) is 0.235. The molecule has 1 saturated carbocycles. The number of likely N-dealkylation sites (tertiary alicyclic amines) is 1. The zero-order valence-corrected chi connectivity index (χ0v) is 15.9. The maximum Gasteiger partial charge on any atom is 0.0938 e. The summed E-state index contributed by atoms with van der Waals surface area (Å²) in [6, 6.07) is 0. The number of rotatable bonds is 4. The van der Waals surface area contributed by atoms with Gasteiger partial charge in [-0.2, -0.15) is 0 Å². The maximum atomic E-state index is 6.31. The van der Waals surface area contributed by atoms with E-state index in [1.165, 1.54) is 84.5 Å². The van der Waals surface area contributed by atoms with Crippen molar-refractivity contribution in [1.82, 2.24) is 14.7 Å². The number of hydrogen-bond acceptors (Lipinski definition) is 4. The molecule has 0 bridgehead atoms. The predicted octanol–water partition coefficient (Wildman–Crippen LogP) is 2.15. The van der Waals surface area contributed by atoms with Gasteiger partial charge in [0.25, 0.3) is 0 Å². The minimum Gasteiger partial charge on any atom is -0.372 e. The fourth-order valence-corrected chi connectivity index (χ4v) is 5.45. The van der Waals surface area contributed by atoms with Gasteiger partial charge in [0.1, 0.15) is 0 Å². The first kappa shape index (κ1) is 17.3. The third-order valence-corrected chi connectivity index (χ3v) is 7.07. The van der Waals surface area contributed by atoms with Gasteiger partial charge in [-0.25, -0.2) is 0 Å². The summed E-state index contributed by atoms with van der Waals surface area (Å²) in [5, 5.41) is 0. The Morgan fingerprint density at radius 2 is 1.54 bits per heavy atom. The predicted molar refractivity (Wildman–Crippen MR) is 98.3 cm³/mol. The zero-order valence-electron chi connectivity index (χ0n) is 15.9. The molecule has 138 valence electrons.